The maximum atomic E-state index is 12.7. The summed E-state index contributed by atoms with van der Waals surface area (Å²) in [5, 5.41) is 8.63. The number of hydrogen-bond acceptors (Lipinski definition) is 3. The number of esters is 1. The Morgan fingerprint density at radius 2 is 1.50 bits per heavy atom. The SMILES string of the molecule is C=C(C)C(=O)Oc1ccc(-c2ccc(C(O)(F)F)cc2)cc1. The fourth-order valence-corrected chi connectivity index (χ4v) is 1.77. The fraction of sp³-hybridized carbons (Fsp3) is 0.118. The van der Waals surface area contributed by atoms with Crippen LogP contribution in [0.1, 0.15) is 12.5 Å². The second-order valence-corrected chi connectivity index (χ2v) is 4.81. The predicted molar refractivity (Wildman–Crippen MR) is 78.4 cm³/mol. The van der Waals surface area contributed by atoms with Crippen molar-refractivity contribution in [2.45, 2.75) is 13.0 Å². The summed E-state index contributed by atoms with van der Waals surface area (Å²) >= 11 is 0. The quantitative estimate of drug-likeness (QED) is 0.530. The van der Waals surface area contributed by atoms with Crippen LogP contribution < -0.4 is 4.74 Å². The second kappa shape index (κ2) is 6.07. The molecule has 0 atom stereocenters. The highest BCUT2D eigenvalue weighted by molar-refractivity contribution is 5.88. The third-order valence-electron chi connectivity index (χ3n) is 2.98. The van der Waals surface area contributed by atoms with Gasteiger partial charge in [0, 0.05) is 5.57 Å². The van der Waals surface area contributed by atoms with Gasteiger partial charge in [-0.05, 0) is 42.3 Å². The molecule has 2 rings (SSSR count). The van der Waals surface area contributed by atoms with E-state index in [4.69, 9.17) is 9.84 Å². The highest BCUT2D eigenvalue weighted by Crippen LogP contribution is 2.28. The van der Waals surface area contributed by atoms with Crippen LogP contribution in [0.4, 0.5) is 8.78 Å². The molecule has 1 N–H and O–H groups in total. The Morgan fingerprint density at radius 1 is 1.05 bits per heavy atom. The zero-order valence-electron chi connectivity index (χ0n) is 11.8. The maximum absolute atomic E-state index is 12.7. The molecule has 0 spiro atoms. The third kappa shape index (κ3) is 3.77. The van der Waals surface area contributed by atoms with Crippen molar-refractivity contribution >= 4 is 5.97 Å². The van der Waals surface area contributed by atoms with Gasteiger partial charge in [-0.15, -0.1) is 0 Å². The Morgan fingerprint density at radius 3 is 1.91 bits per heavy atom. The van der Waals surface area contributed by atoms with Crippen molar-refractivity contribution < 1.29 is 23.4 Å². The van der Waals surface area contributed by atoms with E-state index in [1.807, 2.05) is 0 Å². The Balaban J connectivity index is 2.17. The summed E-state index contributed by atoms with van der Waals surface area (Å²) in [5.41, 5.74) is 1.29. The molecule has 0 aromatic heterocycles. The molecule has 2 aromatic rings. The van der Waals surface area contributed by atoms with Crippen LogP contribution in [0.5, 0.6) is 5.75 Å². The lowest BCUT2D eigenvalue weighted by Gasteiger charge is -2.10. The molecule has 5 heteroatoms. The van der Waals surface area contributed by atoms with E-state index in [0.29, 0.717) is 16.9 Å². The molecule has 0 bridgehead atoms. The zero-order chi connectivity index (χ0) is 16.3. The highest BCUT2D eigenvalue weighted by atomic mass is 19.3. The topological polar surface area (TPSA) is 46.5 Å². The molecule has 0 aliphatic heterocycles. The average molecular weight is 304 g/mol. The lowest BCUT2D eigenvalue weighted by molar-refractivity contribution is -0.208. The van der Waals surface area contributed by atoms with Crippen LogP contribution in [-0.2, 0) is 10.9 Å². The predicted octanol–water partition coefficient (Wildman–Crippen LogP) is 3.88. The number of rotatable bonds is 4. The highest BCUT2D eigenvalue weighted by Gasteiger charge is 2.26. The van der Waals surface area contributed by atoms with Gasteiger partial charge in [-0.3, -0.25) is 0 Å². The van der Waals surface area contributed by atoms with Crippen molar-refractivity contribution in [3.63, 3.8) is 0 Å². The number of carbonyl (C=O) groups excluding carboxylic acids is 1. The van der Waals surface area contributed by atoms with Crippen LogP contribution in [0.3, 0.4) is 0 Å². The summed E-state index contributed by atoms with van der Waals surface area (Å²) < 4.78 is 30.5. The van der Waals surface area contributed by atoms with Crippen LogP contribution in [0.25, 0.3) is 11.1 Å². The van der Waals surface area contributed by atoms with Crippen LogP contribution in [-0.4, -0.2) is 11.1 Å². The minimum atomic E-state index is -3.85. The van der Waals surface area contributed by atoms with Crippen LogP contribution in [0.2, 0.25) is 0 Å². The largest absolute Gasteiger partial charge is 0.423 e. The van der Waals surface area contributed by atoms with E-state index < -0.39 is 17.6 Å². The summed E-state index contributed by atoms with van der Waals surface area (Å²) in [6.07, 6.45) is -3.85. The van der Waals surface area contributed by atoms with Crippen molar-refractivity contribution in [3.8, 4) is 16.9 Å². The first-order valence-electron chi connectivity index (χ1n) is 6.46. The summed E-state index contributed by atoms with van der Waals surface area (Å²) in [6.45, 7) is 5.04. The number of alkyl halides is 2. The average Bonchev–Trinajstić information content (AvgIpc) is 2.47. The number of benzene rings is 2. The second-order valence-electron chi connectivity index (χ2n) is 4.81. The van der Waals surface area contributed by atoms with Gasteiger partial charge in [-0.1, -0.05) is 30.8 Å². The number of aliphatic hydroxyl groups is 1. The summed E-state index contributed by atoms with van der Waals surface area (Å²) in [7, 11) is 0. The van der Waals surface area contributed by atoms with E-state index >= 15 is 0 Å². The smallest absolute Gasteiger partial charge is 0.380 e. The standard InChI is InChI=1S/C17H14F2O3/c1-11(2)16(20)22-15-9-5-13(6-10-15)12-3-7-14(8-4-12)17(18,19)21/h3-10,21H,1H2,2H3. The molecule has 3 nitrogen and oxygen atoms in total. The van der Waals surface area contributed by atoms with Crippen molar-refractivity contribution in [1.82, 2.24) is 0 Å². The minimum Gasteiger partial charge on any atom is -0.423 e. The molecule has 0 saturated carbocycles. The van der Waals surface area contributed by atoms with Crippen LogP contribution >= 0.6 is 0 Å². The van der Waals surface area contributed by atoms with E-state index in [0.717, 1.165) is 17.7 Å². The van der Waals surface area contributed by atoms with Crippen molar-refractivity contribution in [2.24, 2.45) is 0 Å². The number of carbonyl (C=O) groups is 1. The Labute approximate surface area is 126 Å². The molecule has 2 aromatic carbocycles. The number of ether oxygens (including phenoxy) is 1. The van der Waals surface area contributed by atoms with Gasteiger partial charge in [0.25, 0.3) is 0 Å². The van der Waals surface area contributed by atoms with E-state index in [-0.39, 0.29) is 0 Å². The number of halogens is 2. The molecule has 22 heavy (non-hydrogen) atoms. The molecule has 0 saturated heterocycles. The van der Waals surface area contributed by atoms with Gasteiger partial charge in [0.15, 0.2) is 0 Å². The van der Waals surface area contributed by atoms with Gasteiger partial charge < -0.3 is 9.84 Å². The van der Waals surface area contributed by atoms with E-state index in [9.17, 15) is 13.6 Å². The number of hydrogen-bond donors (Lipinski definition) is 1. The van der Waals surface area contributed by atoms with Gasteiger partial charge >= 0.3 is 12.1 Å². The molecular weight excluding hydrogens is 290 g/mol. The summed E-state index contributed by atoms with van der Waals surface area (Å²) in [6, 6.07) is 11.9. The Hall–Kier alpha value is -2.53. The van der Waals surface area contributed by atoms with Gasteiger partial charge in [0.05, 0.1) is 5.56 Å². The van der Waals surface area contributed by atoms with E-state index in [1.54, 1.807) is 31.2 Å². The lowest BCUT2D eigenvalue weighted by atomic mass is 10.0. The molecule has 0 aliphatic carbocycles. The van der Waals surface area contributed by atoms with Crippen LogP contribution in [0.15, 0.2) is 60.7 Å². The molecule has 0 aliphatic rings. The molecular formula is C17H14F2O3. The monoisotopic (exact) mass is 304 g/mol. The van der Waals surface area contributed by atoms with E-state index in [1.165, 1.54) is 12.1 Å². The van der Waals surface area contributed by atoms with Gasteiger partial charge in [-0.25, -0.2) is 4.79 Å². The van der Waals surface area contributed by atoms with Gasteiger partial charge in [0.1, 0.15) is 5.75 Å². The Bertz CT molecular complexity index is 683. The summed E-state index contributed by atoms with van der Waals surface area (Å²) in [5.74, 6) is -0.141. The van der Waals surface area contributed by atoms with E-state index in [2.05, 4.69) is 6.58 Å². The first-order valence-corrected chi connectivity index (χ1v) is 6.46. The van der Waals surface area contributed by atoms with Crippen molar-refractivity contribution in [3.05, 3.63) is 66.2 Å². The maximum Gasteiger partial charge on any atom is 0.380 e. The van der Waals surface area contributed by atoms with Crippen molar-refractivity contribution in [2.75, 3.05) is 0 Å². The molecule has 114 valence electrons. The fourth-order valence-electron chi connectivity index (χ4n) is 1.77. The molecule has 0 unspecified atom stereocenters. The molecule has 0 heterocycles. The van der Waals surface area contributed by atoms with Gasteiger partial charge in [0.2, 0.25) is 0 Å². The first-order chi connectivity index (χ1) is 10.3. The van der Waals surface area contributed by atoms with Gasteiger partial charge in [-0.2, -0.15) is 8.78 Å². The Kier molecular flexibility index (Phi) is 4.37. The lowest BCUT2D eigenvalue weighted by Crippen LogP contribution is -2.10. The first kappa shape index (κ1) is 15.9. The zero-order valence-corrected chi connectivity index (χ0v) is 11.8. The molecule has 0 radical (unpaired) electrons. The summed E-state index contributed by atoms with van der Waals surface area (Å²) in [4.78, 5) is 11.4. The normalized spacial score (nSPS) is 11.1. The van der Waals surface area contributed by atoms with Crippen LogP contribution in [0, 0.1) is 0 Å². The molecule has 0 amide bonds. The van der Waals surface area contributed by atoms with Crippen molar-refractivity contribution in [1.29, 1.82) is 0 Å². The molecule has 0 fully saturated rings. The minimum absolute atomic E-state index is 0.296. The third-order valence-corrected chi connectivity index (χ3v) is 2.98.